The molecule has 2 saturated heterocycles. The van der Waals surface area contributed by atoms with Gasteiger partial charge in [-0.05, 0) is 44.1 Å². The molecule has 1 amide bonds. The first kappa shape index (κ1) is 17.0. The zero-order valence-corrected chi connectivity index (χ0v) is 15.0. The van der Waals surface area contributed by atoms with E-state index in [1.54, 1.807) is 0 Å². The molecular formula is C21H30N2O2. The lowest BCUT2D eigenvalue weighted by Gasteiger charge is -2.39. The zero-order valence-electron chi connectivity index (χ0n) is 15.0. The van der Waals surface area contributed by atoms with Crippen LogP contribution >= 0.6 is 0 Å². The summed E-state index contributed by atoms with van der Waals surface area (Å²) < 4.78 is 5.75. The minimum absolute atomic E-state index is 0.0767. The molecular weight excluding hydrogens is 312 g/mol. The Bertz CT molecular complexity index is 557. The first-order chi connectivity index (χ1) is 12.3. The Morgan fingerprint density at radius 1 is 1.04 bits per heavy atom. The van der Waals surface area contributed by atoms with Gasteiger partial charge in [-0.15, -0.1) is 0 Å². The van der Waals surface area contributed by atoms with Gasteiger partial charge < -0.3 is 10.1 Å². The Morgan fingerprint density at radius 2 is 1.72 bits per heavy atom. The molecule has 2 heterocycles. The van der Waals surface area contributed by atoms with Gasteiger partial charge in [0.15, 0.2) is 0 Å². The fourth-order valence-corrected chi connectivity index (χ4v) is 4.96. The molecule has 1 saturated carbocycles. The highest BCUT2D eigenvalue weighted by molar-refractivity contribution is 5.77. The van der Waals surface area contributed by atoms with Crippen molar-refractivity contribution in [3.05, 3.63) is 35.9 Å². The van der Waals surface area contributed by atoms with Crippen molar-refractivity contribution in [2.24, 2.45) is 0 Å². The molecule has 0 aromatic heterocycles. The van der Waals surface area contributed by atoms with Gasteiger partial charge in [0, 0.05) is 24.7 Å². The Balaban J connectivity index is 1.25. The van der Waals surface area contributed by atoms with Crippen LogP contribution in [0.25, 0.3) is 0 Å². The normalized spacial score (nSPS) is 29.8. The number of hydrogen-bond acceptors (Lipinski definition) is 3. The summed E-state index contributed by atoms with van der Waals surface area (Å²) in [6.07, 6.45) is 9.74. The third kappa shape index (κ3) is 4.24. The molecule has 2 aliphatic heterocycles. The lowest BCUT2D eigenvalue weighted by molar-refractivity contribution is -0.128. The Morgan fingerprint density at radius 3 is 2.40 bits per heavy atom. The summed E-state index contributed by atoms with van der Waals surface area (Å²) in [5, 5.41) is 3.24. The second-order valence-corrected chi connectivity index (χ2v) is 8.00. The van der Waals surface area contributed by atoms with Crippen molar-refractivity contribution in [3.63, 3.8) is 0 Å². The lowest BCUT2D eigenvalue weighted by Crippen LogP contribution is -2.50. The fraction of sp³-hybridized carbons (Fsp3) is 0.667. The van der Waals surface area contributed by atoms with E-state index in [1.807, 2.05) is 0 Å². The summed E-state index contributed by atoms with van der Waals surface area (Å²) in [4.78, 5) is 14.9. The molecule has 1 unspecified atom stereocenters. The van der Waals surface area contributed by atoms with Crippen molar-refractivity contribution in [1.82, 2.24) is 10.2 Å². The average Bonchev–Trinajstić information content (AvgIpc) is 3.21. The predicted molar refractivity (Wildman–Crippen MR) is 98.2 cm³/mol. The van der Waals surface area contributed by atoms with Gasteiger partial charge >= 0.3 is 0 Å². The monoisotopic (exact) mass is 342 g/mol. The lowest BCUT2D eigenvalue weighted by atomic mass is 9.96. The highest BCUT2D eigenvalue weighted by Crippen LogP contribution is 2.36. The number of rotatable bonds is 6. The third-order valence-corrected chi connectivity index (χ3v) is 6.21. The Labute approximate surface area is 150 Å². The van der Waals surface area contributed by atoms with Crippen molar-refractivity contribution in [1.29, 1.82) is 0 Å². The highest BCUT2D eigenvalue weighted by Gasteiger charge is 2.40. The summed E-state index contributed by atoms with van der Waals surface area (Å²) in [5.74, 6) is 0.0767. The molecule has 4 rings (SSSR count). The minimum atomic E-state index is 0.0767. The van der Waals surface area contributed by atoms with E-state index >= 15 is 0 Å². The van der Waals surface area contributed by atoms with Crippen LogP contribution in [0.15, 0.2) is 30.3 Å². The van der Waals surface area contributed by atoms with Gasteiger partial charge in [0.25, 0.3) is 0 Å². The van der Waals surface area contributed by atoms with Gasteiger partial charge in [0.05, 0.1) is 6.10 Å². The van der Waals surface area contributed by atoms with Crippen molar-refractivity contribution in [3.8, 4) is 0 Å². The molecule has 3 atom stereocenters. The Kier molecular flexibility index (Phi) is 5.37. The molecule has 1 aromatic carbocycles. The van der Waals surface area contributed by atoms with Crippen LogP contribution in [-0.2, 0) is 16.1 Å². The van der Waals surface area contributed by atoms with E-state index < -0.39 is 0 Å². The van der Waals surface area contributed by atoms with Gasteiger partial charge in [-0.3, -0.25) is 9.69 Å². The molecule has 136 valence electrons. The largest absolute Gasteiger partial charge is 0.368 e. The van der Waals surface area contributed by atoms with E-state index in [4.69, 9.17) is 4.74 Å². The molecule has 0 radical (unpaired) electrons. The predicted octanol–water partition coefficient (Wildman–Crippen LogP) is 3.26. The van der Waals surface area contributed by atoms with Crippen molar-refractivity contribution in [2.45, 2.75) is 82.1 Å². The van der Waals surface area contributed by atoms with Gasteiger partial charge in [0.1, 0.15) is 6.61 Å². The molecule has 25 heavy (non-hydrogen) atoms. The quantitative estimate of drug-likeness (QED) is 0.863. The maximum atomic E-state index is 12.2. The average molecular weight is 342 g/mol. The first-order valence-corrected chi connectivity index (χ1v) is 9.98. The fourth-order valence-electron chi connectivity index (χ4n) is 4.96. The number of benzene rings is 1. The molecule has 2 bridgehead atoms. The maximum absolute atomic E-state index is 12.2. The van der Waals surface area contributed by atoms with Gasteiger partial charge in [-0.1, -0.05) is 43.2 Å². The molecule has 4 nitrogen and oxygen atoms in total. The molecule has 0 spiro atoms. The number of ether oxygens (including phenoxy) is 1. The smallest absolute Gasteiger partial charge is 0.246 e. The number of hydrogen-bond donors (Lipinski definition) is 1. The number of nitrogens with one attached hydrogen (secondary N) is 1. The summed E-state index contributed by atoms with van der Waals surface area (Å²) in [6.45, 7) is 1.28. The van der Waals surface area contributed by atoms with Crippen LogP contribution in [0.2, 0.25) is 0 Å². The molecule has 1 aromatic rings. The molecule has 4 heteroatoms. The van der Waals surface area contributed by atoms with Crippen LogP contribution in [0.3, 0.4) is 0 Å². The van der Waals surface area contributed by atoms with Crippen LogP contribution in [0.4, 0.5) is 0 Å². The van der Waals surface area contributed by atoms with Crippen molar-refractivity contribution in [2.75, 3.05) is 6.61 Å². The summed E-state index contributed by atoms with van der Waals surface area (Å²) in [7, 11) is 0. The number of carbonyl (C=O) groups is 1. The standard InChI is InChI=1S/C21H30N2O2/c24-21(15-25-20-8-4-5-9-20)22-17-12-18-10-11-19(13-17)23(18)14-16-6-2-1-3-7-16/h1-3,6-7,17-20H,4-5,8-15H2,(H,22,24)/t17?,18-,19+. The minimum Gasteiger partial charge on any atom is -0.368 e. The van der Waals surface area contributed by atoms with E-state index in [1.165, 1.54) is 31.2 Å². The van der Waals surface area contributed by atoms with E-state index in [0.717, 1.165) is 32.2 Å². The van der Waals surface area contributed by atoms with Crippen LogP contribution in [0.1, 0.15) is 56.9 Å². The zero-order chi connectivity index (χ0) is 17.1. The number of amides is 1. The second-order valence-electron chi connectivity index (χ2n) is 8.00. The van der Waals surface area contributed by atoms with Gasteiger partial charge in [-0.2, -0.15) is 0 Å². The number of carbonyl (C=O) groups excluding carboxylic acids is 1. The molecule has 3 aliphatic rings. The SMILES string of the molecule is O=C(COC1CCCC1)NC1C[C@H]2CC[C@@H](C1)N2Cc1ccccc1. The van der Waals surface area contributed by atoms with E-state index in [9.17, 15) is 4.79 Å². The van der Waals surface area contributed by atoms with Crippen LogP contribution in [0.5, 0.6) is 0 Å². The van der Waals surface area contributed by atoms with Crippen LogP contribution < -0.4 is 5.32 Å². The molecule has 3 fully saturated rings. The van der Waals surface area contributed by atoms with Gasteiger partial charge in [0.2, 0.25) is 5.91 Å². The topological polar surface area (TPSA) is 41.6 Å². The molecule has 1 N–H and O–H groups in total. The van der Waals surface area contributed by atoms with E-state index in [2.05, 4.69) is 40.5 Å². The third-order valence-electron chi connectivity index (χ3n) is 6.21. The summed E-state index contributed by atoms with van der Waals surface area (Å²) in [6, 6.07) is 12.3. The summed E-state index contributed by atoms with van der Waals surface area (Å²) >= 11 is 0. The van der Waals surface area contributed by atoms with Crippen molar-refractivity contribution >= 4 is 5.91 Å². The first-order valence-electron chi connectivity index (χ1n) is 9.98. The second kappa shape index (κ2) is 7.88. The number of nitrogens with zero attached hydrogens (tertiary/aromatic N) is 1. The van der Waals surface area contributed by atoms with Gasteiger partial charge in [-0.25, -0.2) is 0 Å². The maximum Gasteiger partial charge on any atom is 0.246 e. The van der Waals surface area contributed by atoms with E-state index in [0.29, 0.717) is 24.2 Å². The van der Waals surface area contributed by atoms with Crippen LogP contribution in [0, 0.1) is 0 Å². The number of fused-ring (bicyclic) bond motifs is 2. The molecule has 1 aliphatic carbocycles. The number of piperidine rings is 1. The summed E-state index contributed by atoms with van der Waals surface area (Å²) in [5.41, 5.74) is 1.40. The van der Waals surface area contributed by atoms with Crippen molar-refractivity contribution < 1.29 is 9.53 Å². The van der Waals surface area contributed by atoms with E-state index in [-0.39, 0.29) is 12.5 Å². The van der Waals surface area contributed by atoms with Crippen LogP contribution in [-0.4, -0.2) is 41.6 Å². The Hall–Kier alpha value is -1.39. The highest BCUT2D eigenvalue weighted by atomic mass is 16.5.